The molecule has 0 bridgehead atoms. The highest BCUT2D eigenvalue weighted by Crippen LogP contribution is 2.26. The molecule has 1 amide bonds. The Labute approximate surface area is 135 Å². The molecule has 112 valence electrons. The molecular formula is C15H16BrFN2OS. The maximum absolute atomic E-state index is 13.2. The van der Waals surface area contributed by atoms with Crippen molar-refractivity contribution in [1.82, 2.24) is 10.3 Å². The van der Waals surface area contributed by atoms with E-state index in [0.717, 1.165) is 9.48 Å². The van der Waals surface area contributed by atoms with Crippen LogP contribution in [0.4, 0.5) is 4.39 Å². The smallest absolute Gasteiger partial charge is 0.263 e. The van der Waals surface area contributed by atoms with Gasteiger partial charge in [-0.1, -0.05) is 36.7 Å². The van der Waals surface area contributed by atoms with E-state index in [9.17, 15) is 9.18 Å². The third-order valence-corrected chi connectivity index (χ3v) is 5.01. The van der Waals surface area contributed by atoms with Crippen LogP contribution in [0, 0.1) is 5.82 Å². The summed E-state index contributed by atoms with van der Waals surface area (Å²) in [5.41, 5.74) is 0.623. The van der Waals surface area contributed by atoms with E-state index >= 15 is 0 Å². The fourth-order valence-electron chi connectivity index (χ4n) is 1.67. The first kappa shape index (κ1) is 16.1. The molecule has 0 aliphatic heterocycles. The molecule has 2 rings (SSSR count). The lowest BCUT2D eigenvalue weighted by Gasteiger charge is -2.13. The number of hydrogen-bond acceptors (Lipinski definition) is 3. The first-order chi connectivity index (χ1) is 9.77. The Morgan fingerprint density at radius 3 is 2.76 bits per heavy atom. The lowest BCUT2D eigenvalue weighted by molar-refractivity contribution is 0.0954. The SMILES string of the molecule is CC(C)(C)c1ncc(C(=O)NCc2cc(F)ccc2Br)s1. The Bertz CT molecular complexity index is 664. The molecule has 0 aliphatic rings. The quantitative estimate of drug-likeness (QED) is 0.876. The number of benzene rings is 1. The van der Waals surface area contributed by atoms with Crippen LogP contribution < -0.4 is 5.32 Å². The molecule has 6 heteroatoms. The number of carbonyl (C=O) groups is 1. The largest absolute Gasteiger partial charge is 0.347 e. The van der Waals surface area contributed by atoms with Gasteiger partial charge in [0.1, 0.15) is 10.7 Å². The highest BCUT2D eigenvalue weighted by molar-refractivity contribution is 9.10. The average Bonchev–Trinajstić information content (AvgIpc) is 2.89. The predicted octanol–water partition coefficient (Wildman–Crippen LogP) is 4.27. The average molecular weight is 371 g/mol. The molecule has 0 aliphatic carbocycles. The van der Waals surface area contributed by atoms with Crippen molar-refractivity contribution in [3.05, 3.63) is 50.1 Å². The van der Waals surface area contributed by atoms with E-state index in [1.807, 2.05) is 0 Å². The number of aromatic nitrogens is 1. The van der Waals surface area contributed by atoms with Gasteiger partial charge >= 0.3 is 0 Å². The summed E-state index contributed by atoms with van der Waals surface area (Å²) in [7, 11) is 0. The zero-order valence-electron chi connectivity index (χ0n) is 12.0. The van der Waals surface area contributed by atoms with Crippen LogP contribution in [0.2, 0.25) is 0 Å². The zero-order chi connectivity index (χ0) is 15.6. The van der Waals surface area contributed by atoms with Gasteiger partial charge in [-0.05, 0) is 23.8 Å². The second-order valence-corrected chi connectivity index (χ2v) is 7.58. The highest BCUT2D eigenvalue weighted by atomic mass is 79.9. The zero-order valence-corrected chi connectivity index (χ0v) is 14.4. The number of nitrogens with one attached hydrogen (secondary N) is 1. The van der Waals surface area contributed by atoms with Gasteiger partial charge in [0.25, 0.3) is 5.91 Å². The predicted molar refractivity (Wildman–Crippen MR) is 86.1 cm³/mol. The van der Waals surface area contributed by atoms with Crippen LogP contribution >= 0.6 is 27.3 Å². The number of amides is 1. The van der Waals surface area contributed by atoms with Crippen molar-refractivity contribution in [1.29, 1.82) is 0 Å². The summed E-state index contributed by atoms with van der Waals surface area (Å²) in [5.74, 6) is -0.519. The summed E-state index contributed by atoms with van der Waals surface area (Å²) in [6.45, 7) is 6.42. The molecule has 0 spiro atoms. The van der Waals surface area contributed by atoms with Gasteiger partial charge in [0, 0.05) is 16.4 Å². The topological polar surface area (TPSA) is 42.0 Å². The molecule has 21 heavy (non-hydrogen) atoms. The van der Waals surface area contributed by atoms with E-state index in [4.69, 9.17) is 0 Å². The van der Waals surface area contributed by atoms with Crippen LogP contribution in [-0.4, -0.2) is 10.9 Å². The van der Waals surface area contributed by atoms with Gasteiger partial charge in [-0.15, -0.1) is 11.3 Å². The van der Waals surface area contributed by atoms with Crippen molar-refractivity contribution in [2.45, 2.75) is 32.7 Å². The van der Waals surface area contributed by atoms with Crippen molar-refractivity contribution < 1.29 is 9.18 Å². The number of carbonyl (C=O) groups excluding carboxylic acids is 1. The molecule has 0 saturated carbocycles. The summed E-state index contributed by atoms with van der Waals surface area (Å²) in [6.07, 6.45) is 1.58. The molecule has 1 N–H and O–H groups in total. The Morgan fingerprint density at radius 2 is 2.14 bits per heavy atom. The highest BCUT2D eigenvalue weighted by Gasteiger charge is 2.20. The lowest BCUT2D eigenvalue weighted by Crippen LogP contribution is -2.22. The lowest BCUT2D eigenvalue weighted by atomic mass is 9.98. The molecule has 1 heterocycles. The molecule has 0 saturated heterocycles. The Kier molecular flexibility index (Phi) is 4.78. The third kappa shape index (κ3) is 4.11. The minimum absolute atomic E-state index is 0.0746. The van der Waals surface area contributed by atoms with E-state index in [-0.39, 0.29) is 23.7 Å². The number of nitrogens with zero attached hydrogens (tertiary/aromatic N) is 1. The number of thiazole rings is 1. The normalized spacial score (nSPS) is 11.5. The van der Waals surface area contributed by atoms with E-state index in [1.165, 1.54) is 23.5 Å². The summed E-state index contributed by atoms with van der Waals surface area (Å²) in [6, 6.07) is 4.40. The van der Waals surface area contributed by atoms with Crippen molar-refractivity contribution >= 4 is 33.2 Å². The van der Waals surface area contributed by atoms with Crippen LogP contribution in [0.25, 0.3) is 0 Å². The van der Waals surface area contributed by atoms with Crippen molar-refractivity contribution in [3.63, 3.8) is 0 Å². The molecule has 0 unspecified atom stereocenters. The first-order valence-corrected chi connectivity index (χ1v) is 8.07. The van der Waals surface area contributed by atoms with E-state index in [1.54, 1.807) is 12.3 Å². The summed E-state index contributed by atoms with van der Waals surface area (Å²) in [5, 5.41) is 3.70. The number of hydrogen-bond donors (Lipinski definition) is 1. The summed E-state index contributed by atoms with van der Waals surface area (Å²) in [4.78, 5) is 17.0. The van der Waals surface area contributed by atoms with Gasteiger partial charge in [0.05, 0.1) is 11.2 Å². The molecule has 0 radical (unpaired) electrons. The number of halogens is 2. The second kappa shape index (κ2) is 6.23. The van der Waals surface area contributed by atoms with Crippen LogP contribution in [0.1, 0.15) is 41.0 Å². The van der Waals surface area contributed by atoms with E-state index in [2.05, 4.69) is 47.0 Å². The maximum Gasteiger partial charge on any atom is 0.263 e. The monoisotopic (exact) mass is 370 g/mol. The van der Waals surface area contributed by atoms with Crippen LogP contribution in [0.3, 0.4) is 0 Å². The minimum atomic E-state index is -0.324. The van der Waals surface area contributed by atoms with Gasteiger partial charge in [0.2, 0.25) is 0 Å². The molecule has 3 nitrogen and oxygen atoms in total. The molecule has 0 atom stereocenters. The Hall–Kier alpha value is -1.27. The molecule has 1 aromatic carbocycles. The first-order valence-electron chi connectivity index (χ1n) is 6.46. The van der Waals surface area contributed by atoms with Crippen molar-refractivity contribution in [2.75, 3.05) is 0 Å². The Morgan fingerprint density at radius 1 is 1.43 bits per heavy atom. The molecule has 2 aromatic rings. The van der Waals surface area contributed by atoms with Gasteiger partial charge in [-0.2, -0.15) is 0 Å². The van der Waals surface area contributed by atoms with Crippen LogP contribution in [-0.2, 0) is 12.0 Å². The van der Waals surface area contributed by atoms with Gasteiger partial charge in [-0.3, -0.25) is 4.79 Å². The molecular weight excluding hydrogens is 355 g/mol. The molecule has 1 aromatic heterocycles. The maximum atomic E-state index is 13.2. The fraction of sp³-hybridized carbons (Fsp3) is 0.333. The number of rotatable bonds is 3. The van der Waals surface area contributed by atoms with Crippen molar-refractivity contribution in [3.8, 4) is 0 Å². The van der Waals surface area contributed by atoms with Gasteiger partial charge in [0.15, 0.2) is 0 Å². The van der Waals surface area contributed by atoms with Gasteiger partial charge < -0.3 is 5.32 Å². The molecule has 0 fully saturated rings. The third-order valence-electron chi connectivity index (χ3n) is 2.82. The summed E-state index contributed by atoms with van der Waals surface area (Å²) < 4.78 is 14.0. The Balaban J connectivity index is 2.05. The standard InChI is InChI=1S/C15H16BrFN2OS/c1-15(2,3)14-19-8-12(21-14)13(20)18-7-9-6-10(17)4-5-11(9)16/h4-6,8H,7H2,1-3H3,(H,18,20). The van der Waals surface area contributed by atoms with Crippen LogP contribution in [0.15, 0.2) is 28.9 Å². The summed E-state index contributed by atoms with van der Waals surface area (Å²) >= 11 is 4.72. The van der Waals surface area contributed by atoms with E-state index < -0.39 is 0 Å². The van der Waals surface area contributed by atoms with E-state index in [0.29, 0.717) is 10.4 Å². The van der Waals surface area contributed by atoms with Crippen LogP contribution in [0.5, 0.6) is 0 Å². The van der Waals surface area contributed by atoms with Gasteiger partial charge in [-0.25, -0.2) is 9.37 Å². The minimum Gasteiger partial charge on any atom is -0.347 e. The fourth-order valence-corrected chi connectivity index (χ4v) is 2.94. The van der Waals surface area contributed by atoms with Crippen molar-refractivity contribution in [2.24, 2.45) is 0 Å². The second-order valence-electron chi connectivity index (χ2n) is 5.70.